The van der Waals surface area contributed by atoms with Gasteiger partial charge < -0.3 is 0 Å². The number of hydrogen-bond donors (Lipinski definition) is 1. The Balaban J connectivity index is 2.30. The summed E-state index contributed by atoms with van der Waals surface area (Å²) in [5.41, 5.74) is 1.72. The van der Waals surface area contributed by atoms with Gasteiger partial charge in [-0.15, -0.1) is 0 Å². The van der Waals surface area contributed by atoms with E-state index in [1.807, 2.05) is 31.2 Å². The Morgan fingerprint density at radius 3 is 2.26 bits per heavy atom. The summed E-state index contributed by atoms with van der Waals surface area (Å²) >= 11 is 2.10. The van der Waals surface area contributed by atoms with Crippen LogP contribution in [0.4, 0.5) is 5.69 Å². The van der Waals surface area contributed by atoms with Gasteiger partial charge >= 0.3 is 0 Å². The van der Waals surface area contributed by atoms with Crippen LogP contribution in [0.25, 0.3) is 0 Å². The van der Waals surface area contributed by atoms with E-state index in [4.69, 9.17) is 0 Å². The molecule has 0 aromatic heterocycles. The van der Waals surface area contributed by atoms with Gasteiger partial charge in [-0.05, 0) is 58.8 Å². The van der Waals surface area contributed by atoms with Crippen LogP contribution in [0, 0.1) is 3.57 Å². The molecule has 0 radical (unpaired) electrons. The normalized spacial score (nSPS) is 11.3. The van der Waals surface area contributed by atoms with Crippen molar-refractivity contribution in [1.82, 2.24) is 0 Å². The fraction of sp³-hybridized carbons (Fsp3) is 0.143. The number of nitrogens with one attached hydrogen (secondary N) is 1. The molecule has 19 heavy (non-hydrogen) atoms. The van der Waals surface area contributed by atoms with Gasteiger partial charge in [0.05, 0.1) is 10.6 Å². The van der Waals surface area contributed by atoms with Crippen molar-refractivity contribution in [2.24, 2.45) is 0 Å². The van der Waals surface area contributed by atoms with Crippen LogP contribution in [0.1, 0.15) is 12.5 Å². The van der Waals surface area contributed by atoms with Crippen LogP contribution in [-0.2, 0) is 16.4 Å². The van der Waals surface area contributed by atoms with Gasteiger partial charge in [-0.2, -0.15) is 0 Å². The van der Waals surface area contributed by atoms with Gasteiger partial charge in [-0.3, -0.25) is 4.72 Å². The molecule has 0 atom stereocenters. The van der Waals surface area contributed by atoms with Gasteiger partial charge in [0.15, 0.2) is 0 Å². The molecule has 3 nitrogen and oxygen atoms in total. The smallest absolute Gasteiger partial charge is 0.261 e. The Kier molecular flexibility index (Phi) is 4.46. The van der Waals surface area contributed by atoms with Crippen molar-refractivity contribution in [3.05, 3.63) is 57.7 Å². The summed E-state index contributed by atoms with van der Waals surface area (Å²) in [6.45, 7) is 2.04. The predicted octanol–water partition coefficient (Wildman–Crippen LogP) is 3.65. The Morgan fingerprint density at radius 1 is 1.05 bits per heavy atom. The van der Waals surface area contributed by atoms with Crippen LogP contribution in [0.3, 0.4) is 0 Å². The number of hydrogen-bond acceptors (Lipinski definition) is 2. The summed E-state index contributed by atoms with van der Waals surface area (Å²) in [5, 5.41) is 0. The van der Waals surface area contributed by atoms with Crippen molar-refractivity contribution in [1.29, 1.82) is 0 Å². The third kappa shape index (κ3) is 3.48. The third-order valence-electron chi connectivity index (χ3n) is 2.76. The van der Waals surface area contributed by atoms with Crippen molar-refractivity contribution >= 4 is 38.3 Å². The minimum Gasteiger partial charge on any atom is -0.279 e. The highest BCUT2D eigenvalue weighted by atomic mass is 127. The van der Waals surface area contributed by atoms with Gasteiger partial charge in [0.1, 0.15) is 0 Å². The summed E-state index contributed by atoms with van der Waals surface area (Å²) < 4.78 is 28.0. The maximum absolute atomic E-state index is 12.2. The van der Waals surface area contributed by atoms with Gasteiger partial charge in [0.25, 0.3) is 10.0 Å². The summed E-state index contributed by atoms with van der Waals surface area (Å²) in [4.78, 5) is 0.282. The molecule has 0 saturated carbocycles. The van der Waals surface area contributed by atoms with E-state index in [0.717, 1.165) is 15.6 Å². The molecule has 0 saturated heterocycles. The Bertz CT molecular complexity index is 666. The van der Waals surface area contributed by atoms with Crippen molar-refractivity contribution in [3.63, 3.8) is 0 Å². The van der Waals surface area contributed by atoms with Crippen LogP contribution in [-0.4, -0.2) is 8.42 Å². The Hall–Kier alpha value is -1.08. The number of para-hydroxylation sites is 1. The molecule has 0 aliphatic rings. The maximum Gasteiger partial charge on any atom is 0.261 e. The molecule has 2 aromatic rings. The first kappa shape index (κ1) is 14.3. The quantitative estimate of drug-likeness (QED) is 0.815. The average Bonchev–Trinajstić information content (AvgIpc) is 2.41. The molecule has 2 aromatic carbocycles. The molecule has 1 N–H and O–H groups in total. The highest BCUT2D eigenvalue weighted by molar-refractivity contribution is 14.1. The zero-order chi connectivity index (χ0) is 13.9. The fourth-order valence-electron chi connectivity index (χ4n) is 1.65. The number of sulfonamides is 1. The molecule has 100 valence electrons. The zero-order valence-electron chi connectivity index (χ0n) is 10.4. The lowest BCUT2D eigenvalue weighted by atomic mass is 10.2. The van der Waals surface area contributed by atoms with E-state index in [1.165, 1.54) is 0 Å². The minimum atomic E-state index is -3.52. The van der Waals surface area contributed by atoms with E-state index in [-0.39, 0.29) is 4.90 Å². The van der Waals surface area contributed by atoms with Crippen molar-refractivity contribution in [3.8, 4) is 0 Å². The van der Waals surface area contributed by atoms with E-state index in [9.17, 15) is 8.42 Å². The number of aryl methyl sites for hydroxylation is 1. The van der Waals surface area contributed by atoms with Crippen LogP contribution in [0.5, 0.6) is 0 Å². The molecule has 0 amide bonds. The van der Waals surface area contributed by atoms with Crippen LogP contribution in [0.15, 0.2) is 53.4 Å². The minimum absolute atomic E-state index is 0.282. The molecule has 5 heteroatoms. The number of benzene rings is 2. The fourth-order valence-corrected chi connectivity index (χ4v) is 3.44. The lowest BCUT2D eigenvalue weighted by Crippen LogP contribution is -2.13. The van der Waals surface area contributed by atoms with Crippen molar-refractivity contribution in [2.45, 2.75) is 18.2 Å². The molecule has 0 aliphatic heterocycles. The first-order valence-corrected chi connectivity index (χ1v) is 8.45. The summed E-state index contributed by atoms with van der Waals surface area (Å²) in [6.07, 6.45) is 0.893. The third-order valence-corrected chi connectivity index (χ3v) is 5.08. The van der Waals surface area contributed by atoms with Gasteiger partial charge in [-0.1, -0.05) is 31.2 Å². The Labute approximate surface area is 127 Å². The second kappa shape index (κ2) is 5.92. The molecule has 0 unspecified atom stereocenters. The lowest BCUT2D eigenvalue weighted by Gasteiger charge is -2.10. The lowest BCUT2D eigenvalue weighted by molar-refractivity contribution is 0.601. The van der Waals surface area contributed by atoms with E-state index >= 15 is 0 Å². The second-order valence-corrected chi connectivity index (χ2v) is 6.93. The molecular formula is C14H14INO2S. The monoisotopic (exact) mass is 387 g/mol. The highest BCUT2D eigenvalue weighted by Gasteiger charge is 2.14. The van der Waals surface area contributed by atoms with E-state index in [2.05, 4.69) is 27.3 Å². The number of halogens is 1. The molecule has 0 spiro atoms. The Morgan fingerprint density at radius 2 is 1.68 bits per heavy atom. The zero-order valence-corrected chi connectivity index (χ0v) is 13.4. The summed E-state index contributed by atoms with van der Waals surface area (Å²) in [6, 6.07) is 14.2. The summed E-state index contributed by atoms with van der Waals surface area (Å²) in [7, 11) is -3.52. The molecule has 0 aliphatic carbocycles. The first-order chi connectivity index (χ1) is 9.03. The van der Waals surface area contributed by atoms with Crippen molar-refractivity contribution < 1.29 is 8.42 Å². The number of rotatable bonds is 4. The molecule has 2 rings (SSSR count). The van der Waals surface area contributed by atoms with Crippen LogP contribution >= 0.6 is 22.6 Å². The average molecular weight is 387 g/mol. The van der Waals surface area contributed by atoms with Gasteiger partial charge in [0.2, 0.25) is 0 Å². The second-order valence-electron chi connectivity index (χ2n) is 4.08. The van der Waals surface area contributed by atoms with Gasteiger partial charge in [-0.25, -0.2) is 8.42 Å². The largest absolute Gasteiger partial charge is 0.279 e. The van der Waals surface area contributed by atoms with E-state index in [0.29, 0.717) is 5.69 Å². The van der Waals surface area contributed by atoms with E-state index < -0.39 is 10.0 Å². The van der Waals surface area contributed by atoms with Crippen LogP contribution < -0.4 is 4.72 Å². The molecule has 0 heterocycles. The SMILES string of the molecule is CCc1ccc(S(=O)(=O)Nc2ccccc2I)cc1. The molecule has 0 fully saturated rings. The topological polar surface area (TPSA) is 46.2 Å². The molecular weight excluding hydrogens is 373 g/mol. The van der Waals surface area contributed by atoms with Gasteiger partial charge in [0, 0.05) is 3.57 Å². The standard InChI is InChI=1S/C14H14INO2S/c1-2-11-7-9-12(10-8-11)19(17,18)16-14-6-4-3-5-13(14)15/h3-10,16H,2H2,1H3. The predicted molar refractivity (Wildman–Crippen MR) is 85.8 cm³/mol. The highest BCUT2D eigenvalue weighted by Crippen LogP contribution is 2.21. The van der Waals surface area contributed by atoms with Crippen LogP contribution in [0.2, 0.25) is 0 Å². The van der Waals surface area contributed by atoms with E-state index in [1.54, 1.807) is 24.3 Å². The van der Waals surface area contributed by atoms with Crippen molar-refractivity contribution in [2.75, 3.05) is 4.72 Å². The first-order valence-electron chi connectivity index (χ1n) is 5.89. The maximum atomic E-state index is 12.2. The molecule has 0 bridgehead atoms. The number of anilines is 1. The summed E-state index contributed by atoms with van der Waals surface area (Å²) in [5.74, 6) is 0.